The van der Waals surface area contributed by atoms with Crippen LogP contribution in [0.5, 0.6) is 0 Å². The van der Waals surface area contributed by atoms with Crippen LogP contribution in [0.4, 0.5) is 5.69 Å². The number of carbonyl (C=O) groups excluding carboxylic acids is 2. The lowest BCUT2D eigenvalue weighted by Crippen LogP contribution is -2.42. The SMILES string of the molecule is O=C(Cc1c[nH]c2ccccc12)NNC(=O)c1ccc(NC2=NS(=O)(=O)c3ccccc32)cc1. The molecule has 1 aromatic heterocycles. The third kappa shape index (κ3) is 4.14. The molecule has 0 saturated carbocycles. The van der Waals surface area contributed by atoms with Gasteiger partial charge in [0.15, 0.2) is 5.84 Å². The second kappa shape index (κ2) is 8.49. The monoisotopic (exact) mass is 473 g/mol. The number of nitrogens with zero attached hydrogens (tertiary/aromatic N) is 1. The Labute approximate surface area is 194 Å². The van der Waals surface area contributed by atoms with Crippen molar-refractivity contribution in [2.45, 2.75) is 11.3 Å². The van der Waals surface area contributed by atoms with E-state index in [1.54, 1.807) is 48.7 Å². The summed E-state index contributed by atoms with van der Waals surface area (Å²) in [7, 11) is -3.72. The zero-order valence-corrected chi connectivity index (χ0v) is 18.5. The van der Waals surface area contributed by atoms with E-state index in [1.807, 2.05) is 24.3 Å². The van der Waals surface area contributed by atoms with E-state index < -0.39 is 15.9 Å². The van der Waals surface area contributed by atoms with Crippen molar-refractivity contribution in [3.8, 4) is 0 Å². The highest BCUT2D eigenvalue weighted by atomic mass is 32.2. The number of H-pyrrole nitrogens is 1. The molecule has 0 spiro atoms. The minimum absolute atomic E-state index is 0.111. The van der Waals surface area contributed by atoms with Crippen LogP contribution in [0, 0.1) is 0 Å². The first-order valence-corrected chi connectivity index (χ1v) is 11.8. The molecule has 9 nitrogen and oxygen atoms in total. The van der Waals surface area contributed by atoms with Crippen molar-refractivity contribution in [1.29, 1.82) is 0 Å². The van der Waals surface area contributed by atoms with Gasteiger partial charge in [-0.05, 0) is 48.0 Å². The summed E-state index contributed by atoms with van der Waals surface area (Å²) in [6, 6.07) is 20.6. The molecule has 0 saturated heterocycles. The van der Waals surface area contributed by atoms with Crippen molar-refractivity contribution in [1.82, 2.24) is 15.8 Å². The van der Waals surface area contributed by atoms with Gasteiger partial charge in [-0.15, -0.1) is 4.40 Å². The molecule has 2 heterocycles. The zero-order chi connectivity index (χ0) is 23.7. The summed E-state index contributed by atoms with van der Waals surface area (Å²) >= 11 is 0. The highest BCUT2D eigenvalue weighted by Gasteiger charge is 2.28. The van der Waals surface area contributed by atoms with Gasteiger partial charge in [0.1, 0.15) is 4.90 Å². The van der Waals surface area contributed by atoms with E-state index in [4.69, 9.17) is 0 Å². The number of anilines is 1. The van der Waals surface area contributed by atoms with Crippen molar-refractivity contribution in [2.75, 3.05) is 5.32 Å². The Morgan fingerprint density at radius 2 is 1.62 bits per heavy atom. The van der Waals surface area contributed by atoms with E-state index in [-0.39, 0.29) is 23.1 Å². The average Bonchev–Trinajstić information content (AvgIpc) is 3.36. The van der Waals surface area contributed by atoms with Crippen molar-refractivity contribution in [3.05, 3.63) is 95.7 Å². The van der Waals surface area contributed by atoms with Gasteiger partial charge in [-0.1, -0.05) is 30.3 Å². The smallest absolute Gasteiger partial charge is 0.285 e. The Morgan fingerprint density at radius 3 is 2.44 bits per heavy atom. The number of fused-ring (bicyclic) bond motifs is 2. The maximum atomic E-state index is 12.4. The Hall–Kier alpha value is -4.44. The highest BCUT2D eigenvalue weighted by Crippen LogP contribution is 2.26. The van der Waals surface area contributed by atoms with Crippen LogP contribution in [0.15, 0.2) is 88.3 Å². The van der Waals surface area contributed by atoms with Crippen LogP contribution >= 0.6 is 0 Å². The first-order chi connectivity index (χ1) is 16.4. The maximum Gasteiger partial charge on any atom is 0.285 e. The molecule has 0 bridgehead atoms. The molecule has 10 heteroatoms. The van der Waals surface area contributed by atoms with Crippen LogP contribution in [0.1, 0.15) is 21.5 Å². The standard InChI is InChI=1S/C24H19N5O4S/c30-22(13-16-14-25-20-7-3-1-5-18(16)20)27-28-24(31)15-9-11-17(12-10-15)26-23-19-6-2-4-8-21(19)34(32,33)29-23/h1-12,14,25H,13H2,(H,26,29)(H,27,30)(H,28,31). The summed E-state index contributed by atoms with van der Waals surface area (Å²) in [4.78, 5) is 28.0. The van der Waals surface area contributed by atoms with Crippen LogP contribution in [0.2, 0.25) is 0 Å². The summed E-state index contributed by atoms with van der Waals surface area (Å²) in [5.41, 5.74) is 7.96. The molecule has 34 heavy (non-hydrogen) atoms. The molecule has 0 fully saturated rings. The van der Waals surface area contributed by atoms with E-state index >= 15 is 0 Å². The van der Waals surface area contributed by atoms with E-state index in [0.717, 1.165) is 16.5 Å². The molecule has 3 aromatic carbocycles. The van der Waals surface area contributed by atoms with Crippen LogP contribution in [0.3, 0.4) is 0 Å². The minimum Gasteiger partial charge on any atom is -0.361 e. The van der Waals surface area contributed by atoms with E-state index in [9.17, 15) is 18.0 Å². The third-order valence-corrected chi connectivity index (χ3v) is 6.72. The largest absolute Gasteiger partial charge is 0.361 e. The summed E-state index contributed by atoms with van der Waals surface area (Å²) in [5, 5.41) is 3.93. The molecule has 0 atom stereocenters. The molecule has 170 valence electrons. The molecule has 4 aromatic rings. The fraction of sp³-hybridized carbons (Fsp3) is 0.0417. The number of benzene rings is 3. The minimum atomic E-state index is -3.72. The zero-order valence-electron chi connectivity index (χ0n) is 17.7. The van der Waals surface area contributed by atoms with Crippen molar-refractivity contribution in [3.63, 3.8) is 0 Å². The number of nitrogens with one attached hydrogen (secondary N) is 4. The molecule has 0 aliphatic carbocycles. The van der Waals surface area contributed by atoms with Crippen molar-refractivity contribution >= 4 is 44.3 Å². The van der Waals surface area contributed by atoms with Gasteiger partial charge >= 0.3 is 0 Å². The van der Waals surface area contributed by atoms with Gasteiger partial charge in [0.25, 0.3) is 15.9 Å². The Morgan fingerprint density at radius 1 is 0.882 bits per heavy atom. The van der Waals surface area contributed by atoms with Gasteiger partial charge in [0.2, 0.25) is 5.91 Å². The molecule has 4 N–H and O–H groups in total. The Kier molecular flexibility index (Phi) is 5.34. The Balaban J connectivity index is 1.19. The number of hydrogen-bond donors (Lipinski definition) is 4. The van der Waals surface area contributed by atoms with Crippen LogP contribution in [-0.2, 0) is 21.2 Å². The number of aromatic amines is 1. The molecule has 2 amide bonds. The number of sulfonamides is 1. The normalized spacial score (nSPS) is 13.7. The summed E-state index contributed by atoms with van der Waals surface area (Å²) < 4.78 is 28.1. The summed E-state index contributed by atoms with van der Waals surface area (Å²) in [6.07, 6.45) is 1.88. The first kappa shape index (κ1) is 21.4. The van der Waals surface area contributed by atoms with Crippen molar-refractivity contribution in [2.24, 2.45) is 4.40 Å². The quantitative estimate of drug-likeness (QED) is 0.338. The van der Waals surface area contributed by atoms with E-state index in [1.165, 1.54) is 6.07 Å². The molecule has 0 unspecified atom stereocenters. The van der Waals surface area contributed by atoms with Gasteiger partial charge < -0.3 is 10.3 Å². The lowest BCUT2D eigenvalue weighted by atomic mass is 10.1. The van der Waals surface area contributed by atoms with Gasteiger partial charge in [-0.2, -0.15) is 8.42 Å². The molecular formula is C24H19N5O4S. The van der Waals surface area contributed by atoms with Gasteiger partial charge in [0, 0.05) is 33.9 Å². The number of hydrazine groups is 1. The average molecular weight is 474 g/mol. The topological polar surface area (TPSA) is 133 Å². The number of amides is 2. The second-order valence-corrected chi connectivity index (χ2v) is 9.22. The maximum absolute atomic E-state index is 12.4. The van der Waals surface area contributed by atoms with E-state index in [0.29, 0.717) is 16.8 Å². The highest BCUT2D eigenvalue weighted by molar-refractivity contribution is 7.90. The van der Waals surface area contributed by atoms with Gasteiger partial charge in [-0.25, -0.2) is 0 Å². The number of para-hydroxylation sites is 1. The van der Waals surface area contributed by atoms with Crippen LogP contribution in [0.25, 0.3) is 10.9 Å². The molecule has 1 aliphatic heterocycles. The predicted molar refractivity (Wildman–Crippen MR) is 128 cm³/mol. The van der Waals surface area contributed by atoms with E-state index in [2.05, 4.69) is 25.6 Å². The molecule has 1 aliphatic rings. The number of carbonyl (C=O) groups is 2. The number of aromatic nitrogens is 1. The fourth-order valence-corrected chi connectivity index (χ4v) is 4.91. The summed E-state index contributed by atoms with van der Waals surface area (Å²) in [5.74, 6) is -0.613. The predicted octanol–water partition coefficient (Wildman–Crippen LogP) is 2.73. The molecule has 5 rings (SSSR count). The van der Waals surface area contributed by atoms with Gasteiger partial charge in [-0.3, -0.25) is 20.4 Å². The lowest BCUT2D eigenvalue weighted by Gasteiger charge is -2.09. The van der Waals surface area contributed by atoms with Crippen LogP contribution < -0.4 is 16.2 Å². The van der Waals surface area contributed by atoms with Crippen LogP contribution in [-0.4, -0.2) is 31.1 Å². The summed E-state index contributed by atoms with van der Waals surface area (Å²) in [6.45, 7) is 0. The van der Waals surface area contributed by atoms with Gasteiger partial charge in [0.05, 0.1) is 6.42 Å². The lowest BCUT2D eigenvalue weighted by molar-refractivity contribution is -0.121. The van der Waals surface area contributed by atoms with Crippen molar-refractivity contribution < 1.29 is 18.0 Å². The fourth-order valence-electron chi connectivity index (χ4n) is 3.73. The Bertz CT molecular complexity index is 1560. The number of rotatable bonds is 4. The second-order valence-electron chi connectivity index (χ2n) is 7.65. The molecule has 0 radical (unpaired) electrons. The number of hydrogen-bond acceptors (Lipinski definition) is 5. The molecular weight excluding hydrogens is 454 g/mol. The third-order valence-electron chi connectivity index (χ3n) is 5.38. The number of amidine groups is 1. The first-order valence-electron chi connectivity index (χ1n) is 10.4.